The van der Waals surface area contributed by atoms with Crippen molar-refractivity contribution in [2.45, 2.75) is 13.5 Å². The van der Waals surface area contributed by atoms with Crippen molar-refractivity contribution in [2.75, 3.05) is 11.9 Å². The predicted molar refractivity (Wildman–Crippen MR) is 105 cm³/mol. The first-order valence-corrected chi connectivity index (χ1v) is 9.02. The van der Waals surface area contributed by atoms with Crippen LogP contribution in [-0.4, -0.2) is 28.2 Å². The van der Waals surface area contributed by atoms with Gasteiger partial charge < -0.3 is 10.2 Å². The molecular weight excluding hydrogens is 376 g/mol. The molecule has 148 valence electrons. The van der Waals surface area contributed by atoms with E-state index in [1.807, 2.05) is 37.3 Å². The largest absolute Gasteiger partial charge is 0.335 e. The Bertz CT molecular complexity index is 1030. The van der Waals surface area contributed by atoms with Crippen LogP contribution in [0, 0.1) is 11.6 Å². The monoisotopic (exact) mass is 395 g/mol. The highest BCUT2D eigenvalue weighted by Crippen LogP contribution is 2.15. The third-order valence-corrected chi connectivity index (χ3v) is 4.31. The smallest absolute Gasteiger partial charge is 0.257 e. The predicted octanol–water partition coefficient (Wildman–Crippen LogP) is 4.27. The van der Waals surface area contributed by atoms with Gasteiger partial charge in [-0.05, 0) is 30.7 Å². The first-order valence-electron chi connectivity index (χ1n) is 9.02. The summed E-state index contributed by atoms with van der Waals surface area (Å²) in [5.74, 6) is -2.91. The topological polar surface area (TPSA) is 62.3 Å². The third-order valence-electron chi connectivity index (χ3n) is 4.31. The van der Waals surface area contributed by atoms with Gasteiger partial charge in [-0.15, -0.1) is 0 Å². The maximum atomic E-state index is 13.3. The number of anilines is 1. The average Bonchev–Trinajstić information content (AvgIpc) is 2.75. The average molecular weight is 395 g/mol. The van der Waals surface area contributed by atoms with Crippen molar-refractivity contribution in [1.29, 1.82) is 0 Å². The van der Waals surface area contributed by atoms with Gasteiger partial charge in [0.15, 0.2) is 11.6 Å². The van der Waals surface area contributed by atoms with E-state index in [0.717, 1.165) is 17.7 Å². The van der Waals surface area contributed by atoms with Crippen LogP contribution < -0.4 is 5.32 Å². The molecule has 2 aromatic carbocycles. The van der Waals surface area contributed by atoms with Crippen molar-refractivity contribution in [2.24, 2.45) is 0 Å². The van der Waals surface area contributed by atoms with Gasteiger partial charge in [-0.25, -0.2) is 8.78 Å². The number of amides is 2. The molecule has 3 rings (SSSR count). The van der Waals surface area contributed by atoms with Crippen molar-refractivity contribution < 1.29 is 18.4 Å². The number of aromatic nitrogens is 1. The Kier molecular flexibility index (Phi) is 6.29. The van der Waals surface area contributed by atoms with Crippen molar-refractivity contribution in [1.82, 2.24) is 9.88 Å². The van der Waals surface area contributed by atoms with E-state index in [2.05, 4.69) is 10.3 Å². The summed E-state index contributed by atoms with van der Waals surface area (Å²) in [5.41, 5.74) is 1.49. The molecule has 0 aliphatic carbocycles. The summed E-state index contributed by atoms with van der Waals surface area (Å²) in [6.45, 7) is 2.79. The normalized spacial score (nSPS) is 10.4. The van der Waals surface area contributed by atoms with Crippen LogP contribution in [0.25, 0.3) is 0 Å². The van der Waals surface area contributed by atoms with Crippen molar-refractivity contribution >= 4 is 17.5 Å². The van der Waals surface area contributed by atoms with E-state index in [1.54, 1.807) is 4.90 Å². The second kappa shape index (κ2) is 9.05. The van der Waals surface area contributed by atoms with Gasteiger partial charge in [0, 0.05) is 37.2 Å². The molecule has 1 N–H and O–H groups in total. The minimum Gasteiger partial charge on any atom is -0.335 e. The van der Waals surface area contributed by atoms with Gasteiger partial charge in [0.05, 0.1) is 11.1 Å². The zero-order valence-electron chi connectivity index (χ0n) is 15.7. The zero-order valence-corrected chi connectivity index (χ0v) is 15.7. The van der Waals surface area contributed by atoms with Crippen LogP contribution in [0.15, 0.2) is 67.0 Å². The Morgan fingerprint density at radius 3 is 2.38 bits per heavy atom. The number of pyridine rings is 1. The molecule has 0 bridgehead atoms. The molecule has 2 amide bonds. The molecule has 29 heavy (non-hydrogen) atoms. The Balaban J connectivity index is 1.75. The molecule has 0 saturated heterocycles. The summed E-state index contributed by atoms with van der Waals surface area (Å²) in [6, 6.07) is 14.0. The SMILES string of the molecule is CCN(Cc1ccccc1)C(=O)c1cncc(C(=O)Nc2ccc(F)c(F)c2)c1. The molecule has 0 atom stereocenters. The molecule has 0 fully saturated rings. The van der Waals surface area contributed by atoms with Gasteiger partial charge in [0.1, 0.15) is 0 Å². The summed E-state index contributed by atoms with van der Waals surface area (Å²) < 4.78 is 26.3. The van der Waals surface area contributed by atoms with Gasteiger partial charge in [0.2, 0.25) is 0 Å². The summed E-state index contributed by atoms with van der Waals surface area (Å²) >= 11 is 0. The highest BCUT2D eigenvalue weighted by Gasteiger charge is 2.17. The standard InChI is InChI=1S/C22H19F2N3O2/c1-2-27(14-15-6-4-3-5-7-15)22(29)17-10-16(12-25-13-17)21(28)26-18-8-9-19(23)20(24)11-18/h3-13H,2,14H2,1H3,(H,26,28). The lowest BCUT2D eigenvalue weighted by molar-refractivity contribution is 0.0752. The van der Waals surface area contributed by atoms with Crippen LogP contribution in [-0.2, 0) is 6.54 Å². The number of benzene rings is 2. The second-order valence-electron chi connectivity index (χ2n) is 6.35. The van der Waals surface area contributed by atoms with Crippen LogP contribution in [0.3, 0.4) is 0 Å². The molecule has 0 aliphatic rings. The molecule has 5 nitrogen and oxygen atoms in total. The number of nitrogens with zero attached hydrogens (tertiary/aromatic N) is 2. The molecule has 0 unspecified atom stereocenters. The van der Waals surface area contributed by atoms with E-state index in [4.69, 9.17) is 0 Å². The molecular formula is C22H19F2N3O2. The van der Waals surface area contributed by atoms with Crippen LogP contribution in [0.5, 0.6) is 0 Å². The minimum absolute atomic E-state index is 0.102. The number of carbonyl (C=O) groups is 2. The number of rotatable bonds is 6. The summed E-state index contributed by atoms with van der Waals surface area (Å²) in [5, 5.41) is 2.46. The lowest BCUT2D eigenvalue weighted by atomic mass is 10.1. The summed E-state index contributed by atoms with van der Waals surface area (Å²) in [6.07, 6.45) is 2.70. The minimum atomic E-state index is -1.07. The molecule has 0 spiro atoms. The van der Waals surface area contributed by atoms with E-state index in [9.17, 15) is 18.4 Å². The molecule has 1 heterocycles. The van der Waals surface area contributed by atoms with Crippen LogP contribution in [0.2, 0.25) is 0 Å². The zero-order chi connectivity index (χ0) is 20.8. The molecule has 0 saturated carbocycles. The Morgan fingerprint density at radius 1 is 0.966 bits per heavy atom. The van der Waals surface area contributed by atoms with Crippen molar-refractivity contribution in [3.8, 4) is 0 Å². The van der Waals surface area contributed by atoms with Gasteiger partial charge in [-0.2, -0.15) is 0 Å². The molecule has 3 aromatic rings. The molecule has 0 radical (unpaired) electrons. The molecule has 1 aromatic heterocycles. The lowest BCUT2D eigenvalue weighted by Crippen LogP contribution is -2.30. The van der Waals surface area contributed by atoms with Crippen molar-refractivity contribution in [3.05, 3.63) is 95.3 Å². The highest BCUT2D eigenvalue weighted by molar-refractivity contribution is 6.05. The number of nitrogens with one attached hydrogen (secondary N) is 1. The first-order chi connectivity index (χ1) is 14.0. The lowest BCUT2D eigenvalue weighted by Gasteiger charge is -2.21. The first kappa shape index (κ1) is 20.1. The second-order valence-corrected chi connectivity index (χ2v) is 6.35. The van der Waals surface area contributed by atoms with E-state index < -0.39 is 17.5 Å². The fraction of sp³-hybridized carbons (Fsp3) is 0.136. The summed E-state index contributed by atoms with van der Waals surface area (Å²) in [7, 11) is 0. The van der Waals surface area contributed by atoms with Gasteiger partial charge >= 0.3 is 0 Å². The maximum Gasteiger partial charge on any atom is 0.257 e. The third kappa shape index (κ3) is 5.01. The Labute approximate surface area is 167 Å². The fourth-order valence-corrected chi connectivity index (χ4v) is 2.77. The number of hydrogen-bond donors (Lipinski definition) is 1. The van der Waals surface area contributed by atoms with Crippen molar-refractivity contribution in [3.63, 3.8) is 0 Å². The fourth-order valence-electron chi connectivity index (χ4n) is 2.77. The van der Waals surface area contributed by atoms with Crippen LogP contribution >= 0.6 is 0 Å². The molecule has 0 aliphatic heterocycles. The van der Waals surface area contributed by atoms with Crippen LogP contribution in [0.4, 0.5) is 14.5 Å². The quantitative estimate of drug-likeness (QED) is 0.678. The number of carbonyl (C=O) groups excluding carboxylic acids is 2. The Hall–Kier alpha value is -3.61. The van der Waals surface area contributed by atoms with E-state index in [0.29, 0.717) is 13.1 Å². The van der Waals surface area contributed by atoms with Gasteiger partial charge in [-0.3, -0.25) is 14.6 Å². The van der Waals surface area contributed by atoms with Crippen LogP contribution in [0.1, 0.15) is 33.2 Å². The maximum absolute atomic E-state index is 13.3. The van der Waals surface area contributed by atoms with Gasteiger partial charge in [-0.1, -0.05) is 30.3 Å². The summed E-state index contributed by atoms with van der Waals surface area (Å²) in [4.78, 5) is 30.9. The van der Waals surface area contributed by atoms with E-state index in [-0.39, 0.29) is 22.7 Å². The van der Waals surface area contributed by atoms with Gasteiger partial charge in [0.25, 0.3) is 11.8 Å². The molecule has 7 heteroatoms. The number of halogens is 2. The highest BCUT2D eigenvalue weighted by atomic mass is 19.2. The number of hydrogen-bond acceptors (Lipinski definition) is 3. The van der Waals surface area contributed by atoms with E-state index >= 15 is 0 Å². The Morgan fingerprint density at radius 2 is 1.69 bits per heavy atom. The van der Waals surface area contributed by atoms with E-state index in [1.165, 1.54) is 24.5 Å².